The van der Waals surface area contributed by atoms with Gasteiger partial charge in [0.1, 0.15) is 5.82 Å². The molecule has 0 heterocycles. The lowest BCUT2D eigenvalue weighted by Crippen LogP contribution is -2.03. The highest BCUT2D eigenvalue weighted by atomic mass is 35.5. The molecule has 5 heteroatoms. The highest BCUT2D eigenvalue weighted by Crippen LogP contribution is 2.21. The molecule has 70 valence electrons. The zero-order valence-corrected chi connectivity index (χ0v) is 8.25. The lowest BCUT2D eigenvalue weighted by molar-refractivity contribution is 0.627. The van der Waals surface area contributed by atoms with Gasteiger partial charge >= 0.3 is 0 Å². The molecule has 0 aromatic heterocycles. The van der Waals surface area contributed by atoms with Crippen LogP contribution in [-0.4, -0.2) is 5.17 Å². The molecule has 0 aliphatic carbocycles. The van der Waals surface area contributed by atoms with E-state index in [2.05, 4.69) is 0 Å². The predicted molar refractivity (Wildman–Crippen MR) is 54.6 cm³/mol. The number of halogens is 2. The molecule has 2 nitrogen and oxygen atoms in total. The summed E-state index contributed by atoms with van der Waals surface area (Å²) in [7, 11) is 0. The van der Waals surface area contributed by atoms with E-state index in [1.165, 1.54) is 12.1 Å². The van der Waals surface area contributed by atoms with Gasteiger partial charge in [0, 0.05) is 10.8 Å². The van der Waals surface area contributed by atoms with E-state index in [4.69, 9.17) is 22.7 Å². The van der Waals surface area contributed by atoms with Gasteiger partial charge in [-0.25, -0.2) is 4.39 Å². The van der Waals surface area contributed by atoms with Crippen LogP contribution in [0.25, 0.3) is 0 Å². The Balaban J connectivity index is 2.72. The Morgan fingerprint density at radius 2 is 2.31 bits per heavy atom. The molecule has 0 fully saturated rings. The zero-order chi connectivity index (χ0) is 9.84. The van der Waals surface area contributed by atoms with Crippen LogP contribution in [0.2, 0.25) is 5.02 Å². The molecule has 0 bridgehead atoms. The van der Waals surface area contributed by atoms with E-state index in [0.717, 1.165) is 17.3 Å². The molecule has 0 unspecified atom stereocenters. The van der Waals surface area contributed by atoms with Crippen molar-refractivity contribution in [3.8, 4) is 0 Å². The van der Waals surface area contributed by atoms with E-state index in [9.17, 15) is 4.39 Å². The normalized spacial score (nSPS) is 10.0. The van der Waals surface area contributed by atoms with Crippen LogP contribution in [0.5, 0.6) is 0 Å². The van der Waals surface area contributed by atoms with Crippen LogP contribution < -0.4 is 5.73 Å². The highest BCUT2D eigenvalue weighted by molar-refractivity contribution is 8.13. The maximum absolute atomic E-state index is 12.6. The van der Waals surface area contributed by atoms with Crippen LogP contribution in [0.4, 0.5) is 4.39 Å². The fourth-order valence-corrected chi connectivity index (χ4v) is 1.67. The summed E-state index contributed by atoms with van der Waals surface area (Å²) in [5, 5.41) is 7.38. The van der Waals surface area contributed by atoms with Crippen LogP contribution in [0.1, 0.15) is 5.56 Å². The van der Waals surface area contributed by atoms with Gasteiger partial charge in [0.25, 0.3) is 0 Å². The van der Waals surface area contributed by atoms with Crippen LogP contribution in [0.15, 0.2) is 18.2 Å². The van der Waals surface area contributed by atoms with Crippen LogP contribution in [-0.2, 0) is 5.75 Å². The number of amidine groups is 1. The Bertz CT molecular complexity index is 330. The predicted octanol–water partition coefficient (Wildman–Crippen LogP) is 2.61. The van der Waals surface area contributed by atoms with Crippen molar-refractivity contribution in [1.29, 1.82) is 5.41 Å². The third-order valence-electron chi connectivity index (χ3n) is 1.40. The summed E-state index contributed by atoms with van der Waals surface area (Å²) in [6, 6.07) is 4.17. The van der Waals surface area contributed by atoms with E-state index in [1.54, 1.807) is 6.07 Å². The summed E-state index contributed by atoms with van der Waals surface area (Å²) >= 11 is 6.91. The van der Waals surface area contributed by atoms with Crippen LogP contribution in [0, 0.1) is 11.2 Å². The lowest BCUT2D eigenvalue weighted by atomic mass is 10.2. The van der Waals surface area contributed by atoms with Gasteiger partial charge in [-0.1, -0.05) is 29.4 Å². The second kappa shape index (κ2) is 4.48. The van der Waals surface area contributed by atoms with Crippen molar-refractivity contribution in [2.24, 2.45) is 5.73 Å². The third-order valence-corrected chi connectivity index (χ3v) is 2.52. The summed E-state index contributed by atoms with van der Waals surface area (Å²) < 4.78 is 12.6. The summed E-state index contributed by atoms with van der Waals surface area (Å²) in [5.74, 6) is 0.135. The highest BCUT2D eigenvalue weighted by Gasteiger charge is 2.02. The summed E-state index contributed by atoms with van der Waals surface area (Å²) in [6.45, 7) is 0. The number of hydrogen-bond acceptors (Lipinski definition) is 2. The fourth-order valence-electron chi connectivity index (χ4n) is 0.794. The molecule has 0 aliphatic rings. The monoisotopic (exact) mass is 218 g/mol. The second-order valence-corrected chi connectivity index (χ2v) is 3.81. The van der Waals surface area contributed by atoms with E-state index in [1.807, 2.05) is 0 Å². The van der Waals surface area contributed by atoms with Crippen LogP contribution >= 0.6 is 23.4 Å². The van der Waals surface area contributed by atoms with Crippen LogP contribution in [0.3, 0.4) is 0 Å². The number of benzene rings is 1. The van der Waals surface area contributed by atoms with E-state index >= 15 is 0 Å². The molecular weight excluding hydrogens is 211 g/mol. The molecule has 0 radical (unpaired) electrons. The fraction of sp³-hybridized carbons (Fsp3) is 0.125. The summed E-state index contributed by atoms with van der Waals surface area (Å²) in [4.78, 5) is 0. The molecule has 0 saturated heterocycles. The number of nitrogens with two attached hydrogens (primary N) is 1. The van der Waals surface area contributed by atoms with Gasteiger partial charge in [-0.05, 0) is 17.7 Å². The Kier molecular flexibility index (Phi) is 3.57. The molecule has 3 N–H and O–H groups in total. The van der Waals surface area contributed by atoms with Crippen molar-refractivity contribution in [2.75, 3.05) is 0 Å². The minimum absolute atomic E-state index is 0.0281. The van der Waals surface area contributed by atoms with E-state index < -0.39 is 0 Å². The summed E-state index contributed by atoms with van der Waals surface area (Å²) in [6.07, 6.45) is 0. The first-order chi connectivity index (χ1) is 6.09. The lowest BCUT2D eigenvalue weighted by Gasteiger charge is -2.02. The van der Waals surface area contributed by atoms with Crippen molar-refractivity contribution >= 4 is 28.5 Å². The summed E-state index contributed by atoms with van der Waals surface area (Å²) in [5.41, 5.74) is 5.93. The Labute approximate surface area is 84.8 Å². The Morgan fingerprint density at radius 1 is 1.62 bits per heavy atom. The number of rotatable bonds is 2. The van der Waals surface area contributed by atoms with Crippen molar-refractivity contribution < 1.29 is 4.39 Å². The van der Waals surface area contributed by atoms with E-state index in [0.29, 0.717) is 10.8 Å². The van der Waals surface area contributed by atoms with Crippen molar-refractivity contribution in [3.63, 3.8) is 0 Å². The topological polar surface area (TPSA) is 49.9 Å². The largest absolute Gasteiger partial charge is 0.379 e. The number of nitrogens with one attached hydrogen (secondary N) is 1. The van der Waals surface area contributed by atoms with Gasteiger partial charge in [-0.15, -0.1) is 0 Å². The third kappa shape index (κ3) is 3.24. The first-order valence-corrected chi connectivity index (χ1v) is 4.86. The second-order valence-electron chi connectivity index (χ2n) is 2.39. The van der Waals surface area contributed by atoms with Gasteiger partial charge in [0.05, 0.1) is 0 Å². The molecule has 1 rings (SSSR count). The molecule has 1 aromatic rings. The first-order valence-electron chi connectivity index (χ1n) is 3.50. The van der Waals surface area contributed by atoms with Gasteiger partial charge in [0.2, 0.25) is 0 Å². The molecule has 0 spiro atoms. The SMILES string of the molecule is N=C(N)SCc1ccc(F)cc1Cl. The number of thioether (sulfide) groups is 1. The first kappa shape index (κ1) is 10.3. The molecule has 0 saturated carbocycles. The number of hydrogen-bond donors (Lipinski definition) is 2. The van der Waals surface area contributed by atoms with Crippen molar-refractivity contribution in [2.45, 2.75) is 5.75 Å². The smallest absolute Gasteiger partial charge is 0.151 e. The van der Waals surface area contributed by atoms with Gasteiger partial charge in [-0.2, -0.15) is 0 Å². The quantitative estimate of drug-likeness (QED) is 0.592. The minimum atomic E-state index is -0.360. The maximum Gasteiger partial charge on any atom is 0.151 e. The average molecular weight is 219 g/mol. The average Bonchev–Trinajstić information content (AvgIpc) is 2.02. The van der Waals surface area contributed by atoms with Crippen molar-refractivity contribution in [1.82, 2.24) is 0 Å². The van der Waals surface area contributed by atoms with E-state index in [-0.39, 0.29) is 11.0 Å². The van der Waals surface area contributed by atoms with Gasteiger partial charge in [0.15, 0.2) is 5.17 Å². The Hall–Kier alpha value is -0.740. The molecule has 13 heavy (non-hydrogen) atoms. The molecule has 0 aliphatic heterocycles. The molecule has 0 amide bonds. The molecule has 1 aromatic carbocycles. The molecule has 0 atom stereocenters. The molecular formula is C8H8ClFN2S. The Morgan fingerprint density at radius 3 is 2.85 bits per heavy atom. The van der Waals surface area contributed by atoms with Gasteiger partial charge < -0.3 is 5.73 Å². The minimum Gasteiger partial charge on any atom is -0.379 e. The maximum atomic E-state index is 12.6. The zero-order valence-electron chi connectivity index (χ0n) is 6.68. The van der Waals surface area contributed by atoms with Gasteiger partial charge in [-0.3, -0.25) is 5.41 Å². The van der Waals surface area contributed by atoms with Crippen molar-refractivity contribution in [3.05, 3.63) is 34.6 Å². The standard InChI is InChI=1S/C8H8ClFN2S/c9-7-3-6(10)2-1-5(7)4-13-8(11)12/h1-3H,4H2,(H3,11,12).